The third-order valence-corrected chi connectivity index (χ3v) is 6.12. The number of nitrogen functional groups attached to an aromatic ring is 1. The highest BCUT2D eigenvalue weighted by Crippen LogP contribution is 2.32. The second kappa shape index (κ2) is 6.19. The monoisotopic (exact) mass is 322 g/mol. The lowest BCUT2D eigenvalue weighted by atomic mass is 9.95. The van der Waals surface area contributed by atoms with Gasteiger partial charge in [0.05, 0.1) is 11.9 Å². The molecule has 0 spiro atoms. The molecule has 1 fully saturated rings. The Morgan fingerprint density at radius 3 is 3.14 bits per heavy atom. The number of amides is 1. The van der Waals surface area contributed by atoms with Crippen molar-refractivity contribution in [3.8, 4) is 0 Å². The lowest BCUT2D eigenvalue weighted by Crippen LogP contribution is -2.39. The molecular formula is C14H18N4OS2. The van der Waals surface area contributed by atoms with Crippen LogP contribution in [0.3, 0.4) is 0 Å². The molecule has 2 heterocycles. The van der Waals surface area contributed by atoms with Crippen LogP contribution in [-0.2, 0) is 0 Å². The zero-order valence-electron chi connectivity index (χ0n) is 11.8. The number of fused-ring (bicyclic) bond motifs is 1. The third kappa shape index (κ3) is 2.98. The molecule has 5 nitrogen and oxygen atoms in total. The van der Waals surface area contributed by atoms with E-state index in [0.717, 1.165) is 18.2 Å². The summed E-state index contributed by atoms with van der Waals surface area (Å²) in [4.78, 5) is 13.7. The normalized spacial score (nSPS) is 22.3. The van der Waals surface area contributed by atoms with Gasteiger partial charge >= 0.3 is 0 Å². The number of anilines is 1. The molecule has 3 rings (SSSR count). The van der Waals surface area contributed by atoms with E-state index in [2.05, 4.69) is 21.8 Å². The van der Waals surface area contributed by atoms with Crippen LogP contribution in [0.5, 0.6) is 0 Å². The number of carbonyl (C=O) groups is 1. The molecule has 7 heteroatoms. The summed E-state index contributed by atoms with van der Waals surface area (Å²) in [6, 6.07) is 2.05. The van der Waals surface area contributed by atoms with Gasteiger partial charge in [-0.05, 0) is 31.6 Å². The molecule has 21 heavy (non-hydrogen) atoms. The number of nitrogens with zero attached hydrogens (tertiary/aromatic N) is 2. The number of rotatable bonds is 3. The number of hydrogen-bond acceptors (Lipinski definition) is 6. The van der Waals surface area contributed by atoms with E-state index in [4.69, 9.17) is 5.73 Å². The summed E-state index contributed by atoms with van der Waals surface area (Å²) >= 11 is 3.20. The van der Waals surface area contributed by atoms with Gasteiger partial charge < -0.3 is 11.1 Å². The van der Waals surface area contributed by atoms with Gasteiger partial charge in [0.25, 0.3) is 5.91 Å². The van der Waals surface area contributed by atoms with Gasteiger partial charge in [-0.3, -0.25) is 4.79 Å². The summed E-state index contributed by atoms with van der Waals surface area (Å²) in [6.45, 7) is 0. The number of carbonyl (C=O) groups excluding carboxylic acids is 1. The minimum Gasteiger partial charge on any atom is -0.397 e. The number of aromatic nitrogens is 2. The van der Waals surface area contributed by atoms with Gasteiger partial charge in [-0.25, -0.2) is 0 Å². The zero-order valence-corrected chi connectivity index (χ0v) is 13.5. The summed E-state index contributed by atoms with van der Waals surface area (Å²) < 4.78 is 0. The van der Waals surface area contributed by atoms with Gasteiger partial charge in [0.15, 0.2) is 0 Å². The van der Waals surface area contributed by atoms with Crippen molar-refractivity contribution in [3.05, 3.63) is 17.1 Å². The average molecular weight is 322 g/mol. The summed E-state index contributed by atoms with van der Waals surface area (Å²) in [5, 5.41) is 12.4. The molecule has 0 aromatic carbocycles. The molecule has 0 saturated heterocycles. The van der Waals surface area contributed by atoms with Gasteiger partial charge in [0.2, 0.25) is 0 Å². The Kier molecular flexibility index (Phi) is 4.30. The van der Waals surface area contributed by atoms with Crippen molar-refractivity contribution in [2.24, 2.45) is 0 Å². The van der Waals surface area contributed by atoms with Crippen LogP contribution in [0.15, 0.2) is 12.3 Å². The minimum atomic E-state index is -0.0812. The molecule has 1 amide bonds. The zero-order chi connectivity index (χ0) is 14.8. The largest absolute Gasteiger partial charge is 0.397 e. The fourth-order valence-corrected chi connectivity index (χ4v) is 4.55. The van der Waals surface area contributed by atoms with E-state index < -0.39 is 0 Å². The van der Waals surface area contributed by atoms with Gasteiger partial charge in [0, 0.05) is 16.7 Å². The average Bonchev–Trinajstić information content (AvgIpc) is 2.85. The summed E-state index contributed by atoms with van der Waals surface area (Å²) in [7, 11) is 0. The van der Waals surface area contributed by atoms with Crippen LogP contribution >= 0.6 is 23.1 Å². The fraction of sp³-hybridized carbons (Fsp3) is 0.500. The van der Waals surface area contributed by atoms with Crippen molar-refractivity contribution in [3.63, 3.8) is 0 Å². The molecule has 2 unspecified atom stereocenters. The third-order valence-electron chi connectivity index (χ3n) is 3.92. The molecule has 3 N–H and O–H groups in total. The fourth-order valence-electron chi connectivity index (χ4n) is 2.78. The molecule has 112 valence electrons. The Morgan fingerprint density at radius 1 is 1.52 bits per heavy atom. The van der Waals surface area contributed by atoms with Crippen LogP contribution in [0.2, 0.25) is 0 Å². The number of nitrogens with one attached hydrogen (secondary N) is 1. The van der Waals surface area contributed by atoms with E-state index in [1.54, 1.807) is 12.3 Å². The Balaban J connectivity index is 1.76. The van der Waals surface area contributed by atoms with Crippen LogP contribution in [0.4, 0.5) is 5.69 Å². The highest BCUT2D eigenvalue weighted by molar-refractivity contribution is 7.99. The van der Waals surface area contributed by atoms with Crippen LogP contribution in [0.1, 0.15) is 35.4 Å². The Hall–Kier alpha value is -1.34. The summed E-state index contributed by atoms with van der Waals surface area (Å²) in [5.74, 6) is -0.0812. The maximum atomic E-state index is 12.5. The predicted octanol–water partition coefficient (Wildman–Crippen LogP) is 2.68. The molecule has 2 atom stereocenters. The first kappa shape index (κ1) is 14.6. The van der Waals surface area contributed by atoms with Gasteiger partial charge in [-0.1, -0.05) is 6.42 Å². The SMILES string of the molecule is CSC1CCCC(NC(=O)c2sc3nnccc3c2N)C1. The van der Waals surface area contributed by atoms with E-state index in [9.17, 15) is 4.79 Å². The highest BCUT2D eigenvalue weighted by Gasteiger charge is 2.25. The highest BCUT2D eigenvalue weighted by atomic mass is 32.2. The molecule has 2 aromatic heterocycles. The van der Waals surface area contributed by atoms with Crippen molar-refractivity contribution >= 4 is 44.9 Å². The number of thioether (sulfide) groups is 1. The predicted molar refractivity (Wildman–Crippen MR) is 88.9 cm³/mol. The molecule has 2 aromatic rings. The van der Waals surface area contributed by atoms with Crippen LogP contribution < -0.4 is 11.1 Å². The number of thiophene rings is 1. The smallest absolute Gasteiger partial charge is 0.263 e. The Bertz CT molecular complexity index is 657. The van der Waals surface area contributed by atoms with Gasteiger partial charge in [-0.15, -0.1) is 16.4 Å². The number of hydrogen-bond donors (Lipinski definition) is 2. The molecule has 1 saturated carbocycles. The lowest BCUT2D eigenvalue weighted by molar-refractivity contribution is 0.0933. The van der Waals surface area contributed by atoms with Crippen LogP contribution in [-0.4, -0.2) is 33.7 Å². The van der Waals surface area contributed by atoms with Crippen molar-refractivity contribution in [1.29, 1.82) is 0 Å². The van der Waals surface area contributed by atoms with E-state index in [0.29, 0.717) is 20.6 Å². The molecular weight excluding hydrogens is 304 g/mol. The second-order valence-electron chi connectivity index (χ2n) is 5.29. The van der Waals surface area contributed by atoms with Crippen molar-refractivity contribution < 1.29 is 4.79 Å². The first-order valence-electron chi connectivity index (χ1n) is 7.02. The summed E-state index contributed by atoms with van der Waals surface area (Å²) in [6.07, 6.45) is 8.23. The van der Waals surface area contributed by atoms with Crippen LogP contribution in [0.25, 0.3) is 10.2 Å². The first-order chi connectivity index (χ1) is 10.2. The molecule has 0 aliphatic heterocycles. The second-order valence-corrected chi connectivity index (χ2v) is 7.43. The molecule has 0 radical (unpaired) electrons. The number of nitrogens with two attached hydrogens (primary N) is 1. The standard InChI is InChI=1S/C14H18N4OS2/c1-20-9-4-2-3-8(7-9)17-13(19)12-11(15)10-5-6-16-18-14(10)21-12/h5-6,8-9H,2-4,7,15H2,1H3,(H,17,19). The van der Waals surface area contributed by atoms with Gasteiger partial charge in [0.1, 0.15) is 9.71 Å². The van der Waals surface area contributed by atoms with E-state index in [-0.39, 0.29) is 11.9 Å². The first-order valence-corrected chi connectivity index (χ1v) is 9.12. The molecule has 0 bridgehead atoms. The maximum Gasteiger partial charge on any atom is 0.263 e. The minimum absolute atomic E-state index is 0.0812. The van der Waals surface area contributed by atoms with Crippen molar-refractivity contribution in [1.82, 2.24) is 15.5 Å². The topological polar surface area (TPSA) is 80.9 Å². The van der Waals surface area contributed by atoms with Crippen molar-refractivity contribution in [2.45, 2.75) is 37.0 Å². The Labute approximate surface area is 131 Å². The quantitative estimate of drug-likeness (QED) is 0.908. The van der Waals surface area contributed by atoms with Crippen LogP contribution in [0, 0.1) is 0 Å². The van der Waals surface area contributed by atoms with E-state index in [1.807, 2.05) is 11.8 Å². The maximum absolute atomic E-state index is 12.5. The Morgan fingerprint density at radius 2 is 2.38 bits per heavy atom. The lowest BCUT2D eigenvalue weighted by Gasteiger charge is -2.28. The summed E-state index contributed by atoms with van der Waals surface area (Å²) in [5.41, 5.74) is 6.59. The van der Waals surface area contributed by atoms with Crippen molar-refractivity contribution in [2.75, 3.05) is 12.0 Å². The van der Waals surface area contributed by atoms with Gasteiger partial charge in [-0.2, -0.15) is 16.9 Å². The molecule has 1 aliphatic carbocycles. The van der Waals surface area contributed by atoms with E-state index in [1.165, 1.54) is 24.2 Å². The molecule has 1 aliphatic rings. The van der Waals surface area contributed by atoms with E-state index >= 15 is 0 Å².